The fourth-order valence-electron chi connectivity index (χ4n) is 3.35. The van der Waals surface area contributed by atoms with Crippen molar-refractivity contribution >= 4 is 13.7 Å². The smallest absolute Gasteiger partial charge is 0.384 e. The Hall–Kier alpha value is -2.51. The van der Waals surface area contributed by atoms with E-state index in [1.54, 1.807) is 0 Å². The number of nitrogens with zero attached hydrogens (tertiary/aromatic N) is 4. The van der Waals surface area contributed by atoms with Crippen molar-refractivity contribution in [1.29, 1.82) is 0 Å². The number of nitrogens with two attached hydrogens (primary N) is 1. The number of H-pyrrole nitrogens is 1. The quantitative estimate of drug-likeness (QED) is 0.142. The summed E-state index contributed by atoms with van der Waals surface area (Å²) in [6.07, 6.45) is -0.350. The van der Waals surface area contributed by atoms with E-state index in [0.29, 0.717) is 6.61 Å². The molecule has 5 N–H and O–H groups in total. The van der Waals surface area contributed by atoms with Crippen molar-refractivity contribution in [2.75, 3.05) is 20.3 Å². The van der Waals surface area contributed by atoms with Crippen LogP contribution in [0, 0.1) is 12.8 Å². The van der Waals surface area contributed by atoms with Gasteiger partial charge in [0.15, 0.2) is 0 Å². The molecular formula is C17H28N7O8P. The molecular weight excluding hydrogens is 461 g/mol. The molecule has 184 valence electrons. The second kappa shape index (κ2) is 11.6. The lowest BCUT2D eigenvalue weighted by molar-refractivity contribution is -0.121. The maximum atomic E-state index is 12.3. The molecule has 1 aromatic rings. The average Bonchev–Trinajstić information content (AvgIpc) is 3.12. The lowest BCUT2D eigenvalue weighted by Gasteiger charge is -2.21. The molecule has 33 heavy (non-hydrogen) atoms. The van der Waals surface area contributed by atoms with E-state index >= 15 is 0 Å². The molecule has 2 heterocycles. The van der Waals surface area contributed by atoms with Gasteiger partial charge in [0.05, 0.1) is 24.8 Å². The predicted octanol–water partition coefficient (Wildman–Crippen LogP) is 0.0445. The zero-order chi connectivity index (χ0) is 24.8. The van der Waals surface area contributed by atoms with Gasteiger partial charge in [0.2, 0.25) is 5.91 Å². The van der Waals surface area contributed by atoms with Gasteiger partial charge in [-0.3, -0.25) is 28.8 Å². The Kier molecular flexibility index (Phi) is 9.37. The number of methoxy groups -OCH3 is 1. The molecule has 0 bridgehead atoms. The molecule has 0 aromatic carbocycles. The Morgan fingerprint density at radius 3 is 2.91 bits per heavy atom. The summed E-state index contributed by atoms with van der Waals surface area (Å²) in [5, 5.41) is 5.46. The van der Waals surface area contributed by atoms with Crippen molar-refractivity contribution in [1.82, 2.24) is 14.6 Å². The van der Waals surface area contributed by atoms with Crippen molar-refractivity contribution in [3.05, 3.63) is 43.0 Å². The maximum absolute atomic E-state index is 12.3. The molecule has 1 saturated heterocycles. The summed E-state index contributed by atoms with van der Waals surface area (Å²) in [6, 6.07) is -1.90. The van der Waals surface area contributed by atoms with Gasteiger partial charge in [0, 0.05) is 36.8 Å². The molecule has 1 amide bonds. The normalized spacial score (nSPS) is 23.8. The van der Waals surface area contributed by atoms with Gasteiger partial charge in [-0.1, -0.05) is 12.0 Å². The van der Waals surface area contributed by atoms with Crippen LogP contribution in [-0.4, -0.2) is 58.9 Å². The zero-order valence-electron chi connectivity index (χ0n) is 18.4. The van der Waals surface area contributed by atoms with Gasteiger partial charge in [0.25, 0.3) is 5.56 Å². The molecule has 0 radical (unpaired) electrons. The third-order valence-corrected chi connectivity index (χ3v) is 5.97. The molecule has 0 saturated carbocycles. The van der Waals surface area contributed by atoms with E-state index in [1.807, 2.05) is 12.0 Å². The highest BCUT2D eigenvalue weighted by atomic mass is 31.2. The van der Waals surface area contributed by atoms with Crippen LogP contribution in [0.1, 0.15) is 31.6 Å². The van der Waals surface area contributed by atoms with Gasteiger partial charge in [0.1, 0.15) is 6.23 Å². The summed E-state index contributed by atoms with van der Waals surface area (Å²) < 4.78 is 29.1. The van der Waals surface area contributed by atoms with Crippen LogP contribution < -0.4 is 22.1 Å². The second-order valence-corrected chi connectivity index (χ2v) is 9.33. The number of hydrogen-bond acceptors (Lipinski definition) is 9. The number of nitrogens with one attached hydrogen (secondary N) is 2. The number of aryl methyl sites for hydroxylation is 1. The Morgan fingerprint density at radius 1 is 1.58 bits per heavy atom. The highest BCUT2D eigenvalue weighted by Crippen LogP contribution is 2.39. The number of azide groups is 1. The highest BCUT2D eigenvalue weighted by Gasteiger charge is 2.38. The van der Waals surface area contributed by atoms with Crippen LogP contribution in [0.2, 0.25) is 0 Å². The number of amides is 1. The summed E-state index contributed by atoms with van der Waals surface area (Å²) in [4.78, 5) is 50.7. The Morgan fingerprint density at radius 2 is 2.27 bits per heavy atom. The van der Waals surface area contributed by atoms with Crippen LogP contribution in [0.15, 0.2) is 20.9 Å². The van der Waals surface area contributed by atoms with E-state index in [0.717, 1.165) is 4.57 Å². The van der Waals surface area contributed by atoms with Crippen LogP contribution >= 0.6 is 7.75 Å². The standard InChI is InChI=1S/C17H28N7O8P/c1-9(7-30-3)4-11(18)16(26)22-33(28,29)31-8-13-12(21-23-19)5-14(32-13)24-6-10(2)15(25)20-17(24)27/h6,9,11-14H,4-5,7-8,18H2,1-3H3,(H,20,25,27)(H2,22,26,28,29)/t9?,11-,12-,13+,14+/m0/s1. The van der Waals surface area contributed by atoms with Crippen molar-refractivity contribution < 1.29 is 28.3 Å². The molecule has 2 unspecified atom stereocenters. The Balaban J connectivity index is 2.03. The van der Waals surface area contributed by atoms with Gasteiger partial charge in [-0.25, -0.2) is 9.36 Å². The summed E-state index contributed by atoms with van der Waals surface area (Å²) >= 11 is 0. The second-order valence-electron chi connectivity index (χ2n) is 7.81. The first kappa shape index (κ1) is 26.7. The molecule has 0 spiro atoms. The first-order valence-electron chi connectivity index (χ1n) is 10.0. The topological polar surface area (TPSA) is 224 Å². The van der Waals surface area contributed by atoms with Gasteiger partial charge >= 0.3 is 13.4 Å². The van der Waals surface area contributed by atoms with Crippen molar-refractivity contribution in [3.8, 4) is 0 Å². The van der Waals surface area contributed by atoms with Gasteiger partial charge in [-0.05, 0) is 24.8 Å². The number of carbonyl (C=O) groups is 1. The lowest BCUT2D eigenvalue weighted by Crippen LogP contribution is -2.41. The van der Waals surface area contributed by atoms with E-state index in [-0.39, 0.29) is 24.3 Å². The van der Waals surface area contributed by atoms with Crippen LogP contribution in [0.3, 0.4) is 0 Å². The Bertz CT molecular complexity index is 1050. The number of carbonyl (C=O) groups excluding carboxylic acids is 1. The molecule has 6 atom stereocenters. The number of aromatic amines is 1. The van der Waals surface area contributed by atoms with Gasteiger partial charge in [-0.15, -0.1) is 0 Å². The molecule has 15 nitrogen and oxygen atoms in total. The average molecular weight is 489 g/mol. The number of aromatic nitrogens is 2. The van der Waals surface area contributed by atoms with E-state index in [1.165, 1.54) is 20.2 Å². The first-order valence-corrected chi connectivity index (χ1v) is 11.6. The van der Waals surface area contributed by atoms with Crippen molar-refractivity contribution in [2.45, 2.75) is 51.1 Å². The SMILES string of the molecule is COCC(C)C[C@H](N)C(=O)NP(=O)(O)OC[C@H]1O[C@@H](n2cc(C)c(=O)[nH]c2=O)C[C@@H]1N=[N+]=[N-]. The monoisotopic (exact) mass is 489 g/mol. The minimum atomic E-state index is -4.62. The fourth-order valence-corrected chi connectivity index (χ4v) is 4.20. The van der Waals surface area contributed by atoms with Crippen molar-refractivity contribution in [2.24, 2.45) is 16.8 Å². The fraction of sp³-hybridized carbons (Fsp3) is 0.706. The third-order valence-electron chi connectivity index (χ3n) is 4.97. The van der Waals surface area contributed by atoms with E-state index in [9.17, 15) is 23.8 Å². The van der Waals surface area contributed by atoms with E-state index in [2.05, 4.69) is 15.0 Å². The van der Waals surface area contributed by atoms with E-state index in [4.69, 9.17) is 25.3 Å². The third kappa shape index (κ3) is 7.51. The summed E-state index contributed by atoms with van der Waals surface area (Å²) in [5.74, 6) is -0.931. The molecule has 1 fully saturated rings. The van der Waals surface area contributed by atoms with Crippen LogP contribution in [0.4, 0.5) is 0 Å². The highest BCUT2D eigenvalue weighted by molar-refractivity contribution is 7.51. The molecule has 1 aromatic heterocycles. The van der Waals surface area contributed by atoms with Crippen molar-refractivity contribution in [3.63, 3.8) is 0 Å². The number of ether oxygens (including phenoxy) is 2. The molecule has 2 rings (SSSR count). The predicted molar refractivity (Wildman–Crippen MR) is 115 cm³/mol. The minimum Gasteiger partial charge on any atom is -0.384 e. The van der Waals surface area contributed by atoms with E-state index < -0.39 is 55.9 Å². The lowest BCUT2D eigenvalue weighted by atomic mass is 10.0. The first-order chi connectivity index (χ1) is 15.5. The zero-order valence-corrected chi connectivity index (χ0v) is 19.3. The summed E-state index contributed by atoms with van der Waals surface area (Å²) in [7, 11) is -3.11. The molecule has 1 aliphatic heterocycles. The summed E-state index contributed by atoms with van der Waals surface area (Å²) in [6.45, 7) is 3.15. The Labute approximate surface area is 188 Å². The molecule has 16 heteroatoms. The summed E-state index contributed by atoms with van der Waals surface area (Å²) in [5.41, 5.74) is 13.6. The largest absolute Gasteiger partial charge is 0.432 e. The van der Waals surface area contributed by atoms with Crippen LogP contribution in [-0.2, 0) is 23.4 Å². The number of rotatable bonds is 11. The maximum Gasteiger partial charge on any atom is 0.432 e. The van der Waals surface area contributed by atoms with Gasteiger partial charge in [-0.2, -0.15) is 0 Å². The molecule has 1 aliphatic rings. The number of hydrogen-bond donors (Lipinski definition) is 4. The van der Waals surface area contributed by atoms with Crippen LogP contribution in [0.5, 0.6) is 0 Å². The minimum absolute atomic E-state index is 0.0494. The van der Waals surface area contributed by atoms with Crippen LogP contribution in [0.25, 0.3) is 10.4 Å². The molecule has 0 aliphatic carbocycles. The van der Waals surface area contributed by atoms with Gasteiger partial charge < -0.3 is 20.1 Å².